The summed E-state index contributed by atoms with van der Waals surface area (Å²) in [4.78, 5) is 27.0. The summed E-state index contributed by atoms with van der Waals surface area (Å²) in [6.07, 6.45) is 3.38. The number of benzene rings is 1. The second-order valence-electron chi connectivity index (χ2n) is 6.70. The van der Waals surface area contributed by atoms with Crippen LogP contribution < -0.4 is 10.1 Å². The molecule has 1 rings (SSSR count). The minimum absolute atomic E-state index is 0.0582. The first-order chi connectivity index (χ1) is 13.9. The summed E-state index contributed by atoms with van der Waals surface area (Å²) in [5.74, 6) is -1.39. The number of carboxylic acid groups (broad SMARTS) is 2. The van der Waals surface area contributed by atoms with Crippen molar-refractivity contribution < 1.29 is 24.5 Å². The van der Waals surface area contributed by atoms with E-state index in [1.807, 2.05) is 23.6 Å². The van der Waals surface area contributed by atoms with Gasteiger partial charge < -0.3 is 20.3 Å². The van der Waals surface area contributed by atoms with E-state index in [1.54, 1.807) is 18.2 Å². The van der Waals surface area contributed by atoms with Crippen molar-refractivity contribution in [2.75, 3.05) is 45.2 Å². The Kier molecular flexibility index (Phi) is 10.8. The molecule has 1 aromatic carbocycles. The molecule has 0 radical (unpaired) electrons. The average molecular weight is 408 g/mol. The largest absolute Gasteiger partial charge is 0.496 e. The van der Waals surface area contributed by atoms with E-state index < -0.39 is 18.0 Å². The van der Waals surface area contributed by atoms with E-state index in [9.17, 15) is 14.7 Å². The fourth-order valence-corrected chi connectivity index (χ4v) is 3.22. The Morgan fingerprint density at radius 1 is 1.24 bits per heavy atom. The summed E-state index contributed by atoms with van der Waals surface area (Å²) >= 11 is 0. The van der Waals surface area contributed by atoms with Gasteiger partial charge in [0.05, 0.1) is 13.7 Å². The van der Waals surface area contributed by atoms with Crippen LogP contribution >= 0.6 is 0 Å². The third-order valence-corrected chi connectivity index (χ3v) is 4.69. The van der Waals surface area contributed by atoms with Gasteiger partial charge in [0.1, 0.15) is 11.8 Å². The predicted octanol–water partition coefficient (Wildman–Crippen LogP) is 2.88. The molecule has 3 N–H and O–H groups in total. The Morgan fingerprint density at radius 3 is 2.48 bits per heavy atom. The fraction of sp³-hybridized carbons (Fsp3) is 0.524. The molecule has 0 bridgehead atoms. The topological polar surface area (TPSA) is 102 Å². The number of carboxylic acids is 2. The Balaban J connectivity index is 3.11. The summed E-state index contributed by atoms with van der Waals surface area (Å²) in [5.41, 5.74) is 1.25. The molecule has 0 amide bonds. The Hall–Kier alpha value is -2.58. The van der Waals surface area contributed by atoms with Crippen LogP contribution in [0, 0.1) is 0 Å². The minimum Gasteiger partial charge on any atom is -0.496 e. The van der Waals surface area contributed by atoms with Crippen LogP contribution in [0.2, 0.25) is 0 Å². The van der Waals surface area contributed by atoms with Gasteiger partial charge in [-0.15, -0.1) is 0 Å². The highest BCUT2D eigenvalue weighted by molar-refractivity contribution is 5.77. The van der Waals surface area contributed by atoms with Crippen LogP contribution in [0.15, 0.2) is 31.0 Å². The molecule has 0 heterocycles. The van der Waals surface area contributed by atoms with E-state index in [0.717, 1.165) is 12.8 Å². The van der Waals surface area contributed by atoms with Crippen molar-refractivity contribution in [1.29, 1.82) is 0 Å². The lowest BCUT2D eigenvalue weighted by molar-refractivity contribution is -0.144. The molecule has 1 atom stereocenters. The van der Waals surface area contributed by atoms with Crippen molar-refractivity contribution >= 4 is 17.6 Å². The van der Waals surface area contributed by atoms with Gasteiger partial charge in [0.25, 0.3) is 0 Å². The molecule has 1 unspecified atom stereocenters. The molecule has 0 spiro atoms. The van der Waals surface area contributed by atoms with Crippen molar-refractivity contribution in [1.82, 2.24) is 9.80 Å². The van der Waals surface area contributed by atoms with E-state index in [0.29, 0.717) is 43.2 Å². The van der Waals surface area contributed by atoms with Gasteiger partial charge in [-0.2, -0.15) is 0 Å². The number of carbonyl (C=O) groups is 2. The van der Waals surface area contributed by atoms with Crippen molar-refractivity contribution in [3.63, 3.8) is 0 Å². The van der Waals surface area contributed by atoms with Crippen LogP contribution in [0.25, 0.3) is 0 Å². The molecule has 0 saturated heterocycles. The fourth-order valence-electron chi connectivity index (χ4n) is 3.22. The summed E-state index contributed by atoms with van der Waals surface area (Å²) < 4.78 is 5.40. The highest BCUT2D eigenvalue weighted by Crippen LogP contribution is 2.32. The van der Waals surface area contributed by atoms with E-state index in [-0.39, 0.29) is 6.54 Å². The van der Waals surface area contributed by atoms with Gasteiger partial charge >= 0.3 is 11.9 Å². The quantitative estimate of drug-likeness (QED) is 0.408. The Morgan fingerprint density at radius 2 is 1.97 bits per heavy atom. The van der Waals surface area contributed by atoms with Gasteiger partial charge in [-0.3, -0.25) is 19.4 Å². The molecular formula is C21H33N3O5. The molecule has 8 heteroatoms. The van der Waals surface area contributed by atoms with E-state index in [2.05, 4.69) is 11.9 Å². The zero-order chi connectivity index (χ0) is 21.8. The van der Waals surface area contributed by atoms with Crippen molar-refractivity contribution in [3.05, 3.63) is 36.5 Å². The SMILES string of the molecule is C=CNc1ccc(OC)c(C(C(=O)O)N(CC)CCN(CCCC)CC(=O)O)c1. The van der Waals surface area contributed by atoms with Crippen LogP contribution in [0.1, 0.15) is 38.3 Å². The normalized spacial score (nSPS) is 12.0. The van der Waals surface area contributed by atoms with Crippen LogP contribution in [0.3, 0.4) is 0 Å². The number of ether oxygens (including phenoxy) is 1. The van der Waals surface area contributed by atoms with Gasteiger partial charge in [0.15, 0.2) is 0 Å². The number of hydrogen-bond acceptors (Lipinski definition) is 6. The number of rotatable bonds is 15. The number of nitrogens with one attached hydrogen (secondary N) is 1. The van der Waals surface area contributed by atoms with Crippen LogP contribution in [0.4, 0.5) is 5.69 Å². The lowest BCUT2D eigenvalue weighted by Crippen LogP contribution is -2.41. The third kappa shape index (κ3) is 7.75. The van der Waals surface area contributed by atoms with Gasteiger partial charge in [-0.25, -0.2) is 0 Å². The number of unbranched alkanes of at least 4 members (excludes halogenated alkanes) is 1. The number of methoxy groups -OCH3 is 1. The Bertz CT molecular complexity index is 680. The molecule has 0 aromatic heterocycles. The average Bonchev–Trinajstić information content (AvgIpc) is 2.68. The van der Waals surface area contributed by atoms with Crippen molar-refractivity contribution in [2.24, 2.45) is 0 Å². The summed E-state index contributed by atoms with van der Waals surface area (Å²) in [6.45, 7) is 9.57. The number of hydrogen-bond donors (Lipinski definition) is 3. The molecular weight excluding hydrogens is 374 g/mol. The molecule has 29 heavy (non-hydrogen) atoms. The van der Waals surface area contributed by atoms with E-state index >= 15 is 0 Å². The van der Waals surface area contributed by atoms with Gasteiger partial charge in [-0.05, 0) is 43.9 Å². The van der Waals surface area contributed by atoms with Crippen molar-refractivity contribution in [3.8, 4) is 5.75 Å². The lowest BCUT2D eigenvalue weighted by atomic mass is 10.0. The maximum absolute atomic E-state index is 12.2. The molecule has 162 valence electrons. The first kappa shape index (κ1) is 24.5. The number of anilines is 1. The maximum Gasteiger partial charge on any atom is 0.325 e. The first-order valence-electron chi connectivity index (χ1n) is 9.84. The molecule has 1 aromatic rings. The van der Waals surface area contributed by atoms with Crippen LogP contribution in [0.5, 0.6) is 5.75 Å². The molecule has 0 aliphatic rings. The Labute approximate surface area is 172 Å². The van der Waals surface area contributed by atoms with Gasteiger partial charge in [0.2, 0.25) is 0 Å². The first-order valence-corrected chi connectivity index (χ1v) is 9.84. The molecule has 0 aliphatic carbocycles. The molecule has 0 fully saturated rings. The van der Waals surface area contributed by atoms with E-state index in [1.165, 1.54) is 13.3 Å². The highest BCUT2D eigenvalue weighted by Gasteiger charge is 2.30. The second-order valence-corrected chi connectivity index (χ2v) is 6.70. The zero-order valence-corrected chi connectivity index (χ0v) is 17.6. The van der Waals surface area contributed by atoms with Crippen LogP contribution in [-0.4, -0.2) is 71.8 Å². The van der Waals surface area contributed by atoms with Crippen molar-refractivity contribution in [2.45, 2.75) is 32.7 Å². The van der Waals surface area contributed by atoms with Gasteiger partial charge in [0, 0.05) is 24.3 Å². The third-order valence-electron chi connectivity index (χ3n) is 4.69. The molecule has 0 saturated carbocycles. The number of nitrogens with zero attached hydrogens (tertiary/aromatic N) is 2. The number of likely N-dealkylation sites (N-methyl/N-ethyl adjacent to an activating group) is 1. The summed E-state index contributed by atoms with van der Waals surface area (Å²) in [7, 11) is 1.51. The highest BCUT2D eigenvalue weighted by atomic mass is 16.5. The smallest absolute Gasteiger partial charge is 0.325 e. The second kappa shape index (κ2) is 12.8. The monoisotopic (exact) mass is 407 g/mol. The molecule has 0 aliphatic heterocycles. The predicted molar refractivity (Wildman–Crippen MR) is 113 cm³/mol. The standard InChI is InChI=1S/C21H33N3O5/c1-5-8-11-23(15-19(25)26)12-13-24(7-3)20(21(27)28)17-14-16(22-6-2)9-10-18(17)29-4/h6,9-10,14,20,22H,2,5,7-8,11-13,15H2,1,3-4H3,(H,25,26)(H,27,28). The van der Waals surface area contributed by atoms with Crippen LogP contribution in [-0.2, 0) is 9.59 Å². The number of aliphatic carboxylic acids is 2. The lowest BCUT2D eigenvalue weighted by Gasteiger charge is -2.31. The summed E-state index contributed by atoms with van der Waals surface area (Å²) in [6, 6.07) is 4.34. The molecule has 8 nitrogen and oxygen atoms in total. The summed E-state index contributed by atoms with van der Waals surface area (Å²) in [5, 5.41) is 22.1. The van der Waals surface area contributed by atoms with E-state index in [4.69, 9.17) is 9.84 Å². The minimum atomic E-state index is -0.987. The maximum atomic E-state index is 12.2. The zero-order valence-electron chi connectivity index (χ0n) is 17.6. The van der Waals surface area contributed by atoms with Gasteiger partial charge in [-0.1, -0.05) is 26.8 Å².